The monoisotopic (exact) mass is 451 g/mol. The summed E-state index contributed by atoms with van der Waals surface area (Å²) in [5.74, 6) is -2.95. The molecule has 0 N–H and O–H groups in total. The molecule has 2 aromatic carbocycles. The van der Waals surface area contributed by atoms with Crippen molar-refractivity contribution in [3.05, 3.63) is 60.2 Å². The lowest BCUT2D eigenvalue weighted by atomic mass is 9.75. The molecular formula is C26H29NO6. The van der Waals surface area contributed by atoms with Crippen molar-refractivity contribution in [2.24, 2.45) is 0 Å². The summed E-state index contributed by atoms with van der Waals surface area (Å²) >= 11 is 0. The first kappa shape index (κ1) is 22.8. The van der Waals surface area contributed by atoms with Gasteiger partial charge in [-0.05, 0) is 43.9 Å². The predicted octanol–water partition coefficient (Wildman–Crippen LogP) is 4.48. The number of likely N-dealkylation sites (tertiary alicyclic amines) is 1. The van der Waals surface area contributed by atoms with Gasteiger partial charge in [-0.15, -0.1) is 0 Å². The first-order chi connectivity index (χ1) is 15.4. The van der Waals surface area contributed by atoms with E-state index in [0.29, 0.717) is 6.42 Å². The van der Waals surface area contributed by atoms with E-state index in [9.17, 15) is 14.4 Å². The molecule has 0 unspecified atom stereocenters. The van der Waals surface area contributed by atoms with Crippen LogP contribution in [0.1, 0.15) is 46.6 Å². The van der Waals surface area contributed by atoms with Gasteiger partial charge in [0.15, 0.2) is 0 Å². The van der Waals surface area contributed by atoms with Gasteiger partial charge < -0.3 is 14.2 Å². The van der Waals surface area contributed by atoms with Gasteiger partial charge in [0.2, 0.25) is 5.54 Å². The van der Waals surface area contributed by atoms with Crippen molar-refractivity contribution in [2.45, 2.75) is 70.4 Å². The van der Waals surface area contributed by atoms with Crippen molar-refractivity contribution in [1.82, 2.24) is 4.90 Å². The van der Waals surface area contributed by atoms with Crippen LogP contribution in [0.25, 0.3) is 11.1 Å². The zero-order valence-electron chi connectivity index (χ0n) is 19.6. The molecule has 0 aliphatic carbocycles. The fourth-order valence-corrected chi connectivity index (χ4v) is 4.33. The standard InChI is InChI=1S/C26H29NO6/c1-24(2,3)33-23(30)27-20(16-26(27)21(28)31-25(4,5)32-22(26)29)15-17-11-13-19(14-12-17)18-9-7-6-8-10-18/h6-14,20H,15-16H2,1-5H3/t20-/m1/s1. The molecule has 2 fully saturated rings. The highest BCUT2D eigenvalue weighted by Crippen LogP contribution is 2.45. The minimum absolute atomic E-state index is 0.112. The maximum Gasteiger partial charge on any atom is 0.411 e. The number of benzene rings is 2. The second kappa shape index (κ2) is 7.90. The van der Waals surface area contributed by atoms with E-state index in [-0.39, 0.29) is 6.42 Å². The lowest BCUT2D eigenvalue weighted by Gasteiger charge is -2.56. The Bertz CT molecular complexity index is 1050. The van der Waals surface area contributed by atoms with Gasteiger partial charge in [0.05, 0.1) is 0 Å². The molecule has 2 heterocycles. The Kier molecular flexibility index (Phi) is 5.47. The quantitative estimate of drug-likeness (QED) is 0.506. The van der Waals surface area contributed by atoms with Crippen molar-refractivity contribution in [2.75, 3.05) is 0 Å². The average molecular weight is 452 g/mol. The Balaban J connectivity index is 1.58. The molecule has 2 aromatic rings. The summed E-state index contributed by atoms with van der Waals surface area (Å²) in [6.07, 6.45) is -0.172. The molecule has 174 valence electrons. The van der Waals surface area contributed by atoms with Crippen LogP contribution in [0.3, 0.4) is 0 Å². The molecule has 7 nitrogen and oxygen atoms in total. The van der Waals surface area contributed by atoms with Gasteiger partial charge in [0, 0.05) is 26.3 Å². The van der Waals surface area contributed by atoms with E-state index in [4.69, 9.17) is 14.2 Å². The number of nitrogens with zero attached hydrogens (tertiary/aromatic N) is 1. The SMILES string of the molecule is CC(C)(C)OC(=O)N1[C@H](Cc2ccc(-c3ccccc3)cc2)CC12C(=O)OC(C)(C)OC2=O. The Hall–Kier alpha value is -3.35. The van der Waals surface area contributed by atoms with Gasteiger partial charge in [0.25, 0.3) is 5.79 Å². The summed E-state index contributed by atoms with van der Waals surface area (Å²) in [7, 11) is 0. The molecule has 0 aromatic heterocycles. The van der Waals surface area contributed by atoms with Gasteiger partial charge in [-0.1, -0.05) is 54.6 Å². The Morgan fingerprint density at radius 1 is 0.970 bits per heavy atom. The van der Waals surface area contributed by atoms with Crippen LogP contribution in [-0.4, -0.2) is 45.9 Å². The number of ether oxygens (including phenoxy) is 3. The molecular weight excluding hydrogens is 422 g/mol. The number of carbonyl (C=O) groups excluding carboxylic acids is 3. The van der Waals surface area contributed by atoms with E-state index in [1.807, 2.05) is 54.6 Å². The second-order valence-corrected chi connectivity index (χ2v) is 10.0. The highest BCUT2D eigenvalue weighted by atomic mass is 16.7. The molecule has 0 bridgehead atoms. The highest BCUT2D eigenvalue weighted by molar-refractivity contribution is 6.10. The van der Waals surface area contributed by atoms with E-state index in [1.165, 1.54) is 18.7 Å². The first-order valence-corrected chi connectivity index (χ1v) is 11.0. The molecule has 2 saturated heterocycles. The van der Waals surface area contributed by atoms with E-state index in [0.717, 1.165) is 16.7 Å². The lowest BCUT2D eigenvalue weighted by Crippen LogP contribution is -2.79. The summed E-state index contributed by atoms with van der Waals surface area (Å²) in [6.45, 7) is 8.16. The molecule has 2 aliphatic rings. The van der Waals surface area contributed by atoms with Crippen molar-refractivity contribution in [1.29, 1.82) is 0 Å². The maximum absolute atomic E-state index is 13.1. The number of amides is 1. The number of esters is 2. The normalized spacial score (nSPS) is 21.1. The molecule has 4 rings (SSSR count). The van der Waals surface area contributed by atoms with Crippen molar-refractivity contribution >= 4 is 18.0 Å². The van der Waals surface area contributed by atoms with Gasteiger partial charge in [-0.3, -0.25) is 4.90 Å². The zero-order chi connectivity index (χ0) is 24.0. The number of cyclic esters (lactones) is 2. The maximum atomic E-state index is 13.1. The lowest BCUT2D eigenvalue weighted by molar-refractivity contribution is -0.264. The van der Waals surface area contributed by atoms with Gasteiger partial charge in [0.1, 0.15) is 5.60 Å². The van der Waals surface area contributed by atoms with Crippen LogP contribution in [0.2, 0.25) is 0 Å². The third kappa shape index (κ3) is 4.32. The Labute approximate surface area is 193 Å². The van der Waals surface area contributed by atoms with E-state index >= 15 is 0 Å². The van der Waals surface area contributed by atoms with Gasteiger partial charge in [-0.25, -0.2) is 14.4 Å². The van der Waals surface area contributed by atoms with Gasteiger partial charge in [-0.2, -0.15) is 0 Å². The third-order valence-electron chi connectivity index (χ3n) is 5.78. The number of hydrogen-bond acceptors (Lipinski definition) is 6. The van der Waals surface area contributed by atoms with Crippen molar-refractivity contribution < 1.29 is 28.6 Å². The summed E-state index contributed by atoms with van der Waals surface area (Å²) in [5.41, 5.74) is 0.553. The van der Waals surface area contributed by atoms with Crippen LogP contribution in [0.15, 0.2) is 54.6 Å². The van der Waals surface area contributed by atoms with E-state index < -0.39 is 41.0 Å². The van der Waals surface area contributed by atoms with Crippen molar-refractivity contribution in [3.63, 3.8) is 0 Å². The van der Waals surface area contributed by atoms with Crippen LogP contribution in [0.5, 0.6) is 0 Å². The molecule has 7 heteroatoms. The topological polar surface area (TPSA) is 82.1 Å². The number of carbonyl (C=O) groups is 3. The van der Waals surface area contributed by atoms with E-state index in [1.54, 1.807) is 20.8 Å². The number of rotatable bonds is 3. The predicted molar refractivity (Wildman–Crippen MR) is 121 cm³/mol. The molecule has 1 spiro atoms. The average Bonchev–Trinajstić information content (AvgIpc) is 2.68. The molecule has 0 radical (unpaired) electrons. The van der Waals surface area contributed by atoms with Crippen LogP contribution >= 0.6 is 0 Å². The zero-order valence-corrected chi connectivity index (χ0v) is 19.6. The highest BCUT2D eigenvalue weighted by Gasteiger charge is 2.70. The Morgan fingerprint density at radius 2 is 1.52 bits per heavy atom. The van der Waals surface area contributed by atoms with Crippen LogP contribution in [-0.2, 0) is 30.2 Å². The van der Waals surface area contributed by atoms with Crippen molar-refractivity contribution in [3.8, 4) is 11.1 Å². The second-order valence-electron chi connectivity index (χ2n) is 10.0. The third-order valence-corrected chi connectivity index (χ3v) is 5.78. The molecule has 0 saturated carbocycles. The summed E-state index contributed by atoms with van der Waals surface area (Å²) < 4.78 is 16.2. The van der Waals surface area contributed by atoms with Crippen LogP contribution < -0.4 is 0 Å². The minimum Gasteiger partial charge on any atom is -0.444 e. The molecule has 1 amide bonds. The fraction of sp³-hybridized carbons (Fsp3) is 0.423. The number of hydrogen-bond donors (Lipinski definition) is 0. The summed E-state index contributed by atoms with van der Waals surface area (Å²) in [6, 6.07) is 17.6. The molecule has 1 atom stereocenters. The first-order valence-electron chi connectivity index (χ1n) is 11.0. The molecule has 33 heavy (non-hydrogen) atoms. The summed E-state index contributed by atoms with van der Waals surface area (Å²) in [4.78, 5) is 40.2. The van der Waals surface area contributed by atoms with Gasteiger partial charge >= 0.3 is 18.0 Å². The minimum atomic E-state index is -1.81. The van der Waals surface area contributed by atoms with E-state index in [2.05, 4.69) is 0 Å². The van der Waals surface area contributed by atoms with Crippen LogP contribution in [0.4, 0.5) is 4.79 Å². The molecule has 2 aliphatic heterocycles. The Morgan fingerprint density at radius 3 is 2.06 bits per heavy atom. The summed E-state index contributed by atoms with van der Waals surface area (Å²) in [5, 5.41) is 0. The smallest absolute Gasteiger partial charge is 0.411 e. The van der Waals surface area contributed by atoms with Crippen LogP contribution in [0, 0.1) is 0 Å². The largest absolute Gasteiger partial charge is 0.444 e. The fourth-order valence-electron chi connectivity index (χ4n) is 4.33.